The number of halogens is 4. The van der Waals surface area contributed by atoms with E-state index in [1.165, 1.54) is 19.3 Å². The number of hydrogen-bond acceptors (Lipinski definition) is 3. The minimum absolute atomic E-state index is 0.0157. The van der Waals surface area contributed by atoms with Crippen molar-refractivity contribution in [1.29, 1.82) is 0 Å². The summed E-state index contributed by atoms with van der Waals surface area (Å²) in [5, 5.41) is 10.9. The summed E-state index contributed by atoms with van der Waals surface area (Å²) >= 11 is 23.8. The van der Waals surface area contributed by atoms with Gasteiger partial charge in [0.2, 0.25) is 0 Å². The van der Waals surface area contributed by atoms with Gasteiger partial charge in [0.1, 0.15) is 6.10 Å². The van der Waals surface area contributed by atoms with Crippen LogP contribution in [0.5, 0.6) is 0 Å². The SMILES string of the molecule is CCC(F)(C(=O)O)n1ccn(CC(OCc2ccc(Cl)cc2)c2ccc(Cl)cc2Cl)c1=S. The molecule has 0 fully saturated rings. The van der Waals surface area contributed by atoms with Crippen LogP contribution < -0.4 is 0 Å². The van der Waals surface area contributed by atoms with Gasteiger partial charge in [-0.15, -0.1) is 0 Å². The van der Waals surface area contributed by atoms with E-state index >= 15 is 4.39 Å². The van der Waals surface area contributed by atoms with E-state index in [-0.39, 0.29) is 24.3 Å². The number of aromatic nitrogens is 2. The molecule has 0 aliphatic heterocycles. The second-order valence-electron chi connectivity index (χ2n) is 7.11. The summed E-state index contributed by atoms with van der Waals surface area (Å²) < 4.78 is 23.7. The Morgan fingerprint density at radius 2 is 1.81 bits per heavy atom. The van der Waals surface area contributed by atoms with Gasteiger partial charge in [-0.1, -0.05) is 59.9 Å². The van der Waals surface area contributed by atoms with Gasteiger partial charge in [0, 0.05) is 39.4 Å². The van der Waals surface area contributed by atoms with Crippen LogP contribution >= 0.6 is 47.0 Å². The molecule has 3 rings (SSSR count). The summed E-state index contributed by atoms with van der Waals surface area (Å²) in [6.07, 6.45) is 2.00. The van der Waals surface area contributed by atoms with Crippen LogP contribution in [-0.4, -0.2) is 20.2 Å². The van der Waals surface area contributed by atoms with Gasteiger partial charge in [0.05, 0.1) is 13.2 Å². The Bertz CT molecular complexity index is 1170. The van der Waals surface area contributed by atoms with Crippen molar-refractivity contribution in [2.24, 2.45) is 0 Å². The lowest BCUT2D eigenvalue weighted by molar-refractivity contribution is -0.159. The average Bonchev–Trinajstić information content (AvgIpc) is 3.12. The first-order valence-corrected chi connectivity index (χ1v) is 11.2. The Morgan fingerprint density at radius 1 is 1.16 bits per heavy atom. The maximum Gasteiger partial charge on any atom is 0.363 e. The van der Waals surface area contributed by atoms with Crippen molar-refractivity contribution >= 4 is 53.0 Å². The number of alkyl halides is 1. The second kappa shape index (κ2) is 10.4. The largest absolute Gasteiger partial charge is 0.477 e. The number of benzene rings is 2. The molecule has 170 valence electrons. The van der Waals surface area contributed by atoms with E-state index in [0.717, 1.165) is 10.1 Å². The summed E-state index contributed by atoms with van der Waals surface area (Å²) in [6.45, 7) is 1.88. The van der Waals surface area contributed by atoms with Crippen LogP contribution in [-0.2, 0) is 28.5 Å². The summed E-state index contributed by atoms with van der Waals surface area (Å²) in [5.41, 5.74) is 1.56. The molecule has 0 aliphatic carbocycles. The first kappa shape index (κ1) is 24.7. The highest BCUT2D eigenvalue weighted by Gasteiger charge is 2.39. The molecule has 10 heteroatoms. The van der Waals surface area contributed by atoms with Crippen LogP contribution in [0.2, 0.25) is 15.1 Å². The van der Waals surface area contributed by atoms with Crippen molar-refractivity contribution in [3.8, 4) is 0 Å². The van der Waals surface area contributed by atoms with E-state index in [4.69, 9.17) is 51.8 Å². The zero-order valence-electron chi connectivity index (χ0n) is 17.0. The molecule has 0 saturated carbocycles. The number of carboxylic acid groups (broad SMARTS) is 1. The van der Waals surface area contributed by atoms with Gasteiger partial charge in [-0.2, -0.15) is 0 Å². The fraction of sp³-hybridized carbons (Fsp3) is 0.273. The van der Waals surface area contributed by atoms with Crippen molar-refractivity contribution in [1.82, 2.24) is 9.13 Å². The number of aliphatic carboxylic acids is 1. The predicted molar refractivity (Wildman–Crippen MR) is 126 cm³/mol. The molecular weight excluding hydrogens is 498 g/mol. The topological polar surface area (TPSA) is 56.4 Å². The number of rotatable bonds is 9. The molecule has 3 aromatic rings. The highest BCUT2D eigenvalue weighted by atomic mass is 35.5. The van der Waals surface area contributed by atoms with Crippen molar-refractivity contribution in [3.05, 3.63) is 85.8 Å². The standard InChI is InChI=1S/C22H20Cl3FN2O3S/c1-2-22(26,20(29)30)28-10-9-27(21(28)32)12-19(17-8-7-16(24)11-18(17)25)31-13-14-3-5-15(23)6-4-14/h3-11,19H,2,12-13H2,1H3,(H,29,30). The zero-order valence-corrected chi connectivity index (χ0v) is 20.1. The van der Waals surface area contributed by atoms with Crippen LogP contribution in [0.25, 0.3) is 0 Å². The number of hydrogen-bond donors (Lipinski definition) is 1. The molecule has 2 aromatic carbocycles. The van der Waals surface area contributed by atoms with Crippen LogP contribution in [0, 0.1) is 4.77 Å². The highest BCUT2D eigenvalue weighted by Crippen LogP contribution is 2.31. The molecule has 0 radical (unpaired) electrons. The van der Waals surface area contributed by atoms with Gasteiger partial charge >= 0.3 is 5.97 Å². The number of carbonyl (C=O) groups is 1. The Morgan fingerprint density at radius 3 is 2.41 bits per heavy atom. The van der Waals surface area contributed by atoms with Crippen molar-refractivity contribution in [2.45, 2.75) is 38.4 Å². The van der Waals surface area contributed by atoms with E-state index in [1.54, 1.807) is 34.9 Å². The fourth-order valence-electron chi connectivity index (χ4n) is 3.21. The maximum atomic E-state index is 15.0. The highest BCUT2D eigenvalue weighted by molar-refractivity contribution is 7.71. The van der Waals surface area contributed by atoms with Gasteiger partial charge in [0.25, 0.3) is 5.79 Å². The molecule has 2 atom stereocenters. The quantitative estimate of drug-likeness (QED) is 0.309. The summed E-state index contributed by atoms with van der Waals surface area (Å²) in [4.78, 5) is 11.5. The molecular formula is C22H20Cl3FN2O3S. The molecule has 2 unspecified atom stereocenters. The van der Waals surface area contributed by atoms with Crippen LogP contribution in [0.15, 0.2) is 54.9 Å². The van der Waals surface area contributed by atoms with Crippen molar-refractivity contribution in [3.63, 3.8) is 0 Å². The Hall–Kier alpha value is -1.90. The predicted octanol–water partition coefficient (Wildman–Crippen LogP) is 7.05. The Kier molecular flexibility index (Phi) is 8.01. The third-order valence-corrected chi connectivity index (χ3v) is 6.31. The van der Waals surface area contributed by atoms with E-state index in [9.17, 15) is 9.90 Å². The summed E-state index contributed by atoms with van der Waals surface area (Å²) in [6, 6.07) is 12.3. The number of carboxylic acids is 1. The van der Waals surface area contributed by atoms with Gasteiger partial charge in [-0.05, 0) is 42.0 Å². The fourth-order valence-corrected chi connectivity index (χ4v) is 4.20. The summed E-state index contributed by atoms with van der Waals surface area (Å²) in [5.74, 6) is -4.25. The second-order valence-corrected chi connectivity index (χ2v) is 8.76. The molecule has 1 aromatic heterocycles. The van der Waals surface area contributed by atoms with Gasteiger partial charge < -0.3 is 14.4 Å². The normalized spacial score (nSPS) is 14.2. The van der Waals surface area contributed by atoms with Crippen LogP contribution in [0.4, 0.5) is 4.39 Å². The van der Waals surface area contributed by atoms with E-state index < -0.39 is 17.9 Å². The smallest absolute Gasteiger partial charge is 0.363 e. The lowest BCUT2D eigenvalue weighted by Crippen LogP contribution is -2.36. The maximum absolute atomic E-state index is 15.0. The molecule has 0 saturated heterocycles. The summed E-state index contributed by atoms with van der Waals surface area (Å²) in [7, 11) is 0. The van der Waals surface area contributed by atoms with Gasteiger partial charge in [-0.25, -0.2) is 9.18 Å². The number of imidazole rings is 1. The lowest BCUT2D eigenvalue weighted by Gasteiger charge is -2.22. The first-order valence-electron chi connectivity index (χ1n) is 9.67. The number of ether oxygens (including phenoxy) is 1. The van der Waals surface area contributed by atoms with Gasteiger partial charge in [0.15, 0.2) is 4.77 Å². The Balaban J connectivity index is 1.93. The lowest BCUT2D eigenvalue weighted by atomic mass is 10.1. The molecule has 1 N–H and O–H groups in total. The first-order chi connectivity index (χ1) is 15.2. The molecule has 0 aliphatic rings. The third-order valence-electron chi connectivity index (χ3n) is 5.06. The molecule has 0 spiro atoms. The monoisotopic (exact) mass is 516 g/mol. The zero-order chi connectivity index (χ0) is 23.5. The van der Waals surface area contributed by atoms with E-state index in [0.29, 0.717) is 20.6 Å². The molecule has 1 heterocycles. The van der Waals surface area contributed by atoms with E-state index in [2.05, 4.69) is 0 Å². The minimum atomic E-state index is -2.64. The van der Waals surface area contributed by atoms with Crippen molar-refractivity contribution < 1.29 is 19.0 Å². The minimum Gasteiger partial charge on any atom is -0.477 e. The third kappa shape index (κ3) is 5.35. The molecule has 32 heavy (non-hydrogen) atoms. The van der Waals surface area contributed by atoms with Gasteiger partial charge in [-0.3, -0.25) is 4.57 Å². The van der Waals surface area contributed by atoms with E-state index in [1.807, 2.05) is 12.1 Å². The Labute approximate surface area is 204 Å². The molecule has 0 amide bonds. The van der Waals surface area contributed by atoms with Crippen molar-refractivity contribution in [2.75, 3.05) is 0 Å². The van der Waals surface area contributed by atoms with Crippen LogP contribution in [0.1, 0.15) is 30.6 Å². The number of nitrogens with zero attached hydrogens (tertiary/aromatic N) is 2. The molecule has 0 bridgehead atoms. The average molecular weight is 518 g/mol. The molecule has 5 nitrogen and oxygen atoms in total. The van der Waals surface area contributed by atoms with Crippen LogP contribution in [0.3, 0.4) is 0 Å².